The lowest BCUT2D eigenvalue weighted by Gasteiger charge is -1.91. The van der Waals surface area contributed by atoms with Gasteiger partial charge in [-0.1, -0.05) is 0 Å². The van der Waals surface area contributed by atoms with Crippen molar-refractivity contribution in [2.75, 3.05) is 0 Å². The van der Waals surface area contributed by atoms with Crippen LogP contribution in [0.1, 0.15) is 0 Å². The van der Waals surface area contributed by atoms with Crippen molar-refractivity contribution in [3.63, 3.8) is 0 Å². The van der Waals surface area contributed by atoms with Crippen molar-refractivity contribution in [1.29, 1.82) is 0 Å². The summed E-state index contributed by atoms with van der Waals surface area (Å²) < 4.78 is 12.2. The Labute approximate surface area is 49.9 Å². The fourth-order valence-corrected chi connectivity index (χ4v) is 0.451. The molecule has 48 valence electrons. The Morgan fingerprint density at radius 3 is 2.67 bits per heavy atom. The van der Waals surface area contributed by atoms with Gasteiger partial charge >= 0.3 is 0 Å². The minimum absolute atomic E-state index is 0.190. The highest BCUT2D eigenvalue weighted by Crippen LogP contribution is 1.87. The minimum atomic E-state index is -0.642. The van der Waals surface area contributed by atoms with E-state index in [0.29, 0.717) is 6.20 Å². The molecule has 0 saturated heterocycles. The Kier molecular flexibility index (Phi) is 1.22. The Bertz CT molecular complexity index is 268. The molecular weight excluding hydrogens is 125 g/mol. The van der Waals surface area contributed by atoms with Gasteiger partial charge in [-0.2, -0.15) is 4.73 Å². The van der Waals surface area contributed by atoms with Crippen molar-refractivity contribution in [2.45, 2.75) is 0 Å². The zero-order chi connectivity index (χ0) is 6.85. The van der Waals surface area contributed by atoms with Crippen LogP contribution in [-0.4, -0.2) is 9.94 Å². The second kappa shape index (κ2) is 1.89. The summed E-state index contributed by atoms with van der Waals surface area (Å²) >= 11 is 0. The molecule has 4 heteroatoms. The quantitative estimate of drug-likeness (QED) is 0.509. The van der Waals surface area contributed by atoms with E-state index in [1.54, 1.807) is 0 Å². The second-order valence-corrected chi connectivity index (χ2v) is 1.53. The van der Waals surface area contributed by atoms with Crippen molar-refractivity contribution >= 4 is 0 Å². The maximum atomic E-state index is 12.0. The van der Waals surface area contributed by atoms with Crippen molar-refractivity contribution in [1.82, 2.24) is 4.73 Å². The van der Waals surface area contributed by atoms with Crippen LogP contribution in [0.5, 0.6) is 0 Å². The van der Waals surface area contributed by atoms with Gasteiger partial charge in [0.1, 0.15) is 5.82 Å². The summed E-state index contributed by atoms with van der Waals surface area (Å²) in [6, 6.07) is 1.92. The Hall–Kier alpha value is -1.32. The highest BCUT2D eigenvalue weighted by atomic mass is 19.1. The molecule has 0 unspecified atom stereocenters. The van der Waals surface area contributed by atoms with E-state index in [9.17, 15) is 9.18 Å². The number of aromatic nitrogens is 1. The van der Waals surface area contributed by atoms with Crippen LogP contribution >= 0.6 is 0 Å². The monoisotopic (exact) mass is 129 g/mol. The van der Waals surface area contributed by atoms with Gasteiger partial charge in [0.05, 0.1) is 6.20 Å². The molecule has 9 heavy (non-hydrogen) atoms. The van der Waals surface area contributed by atoms with Crippen molar-refractivity contribution in [2.24, 2.45) is 0 Å². The molecule has 1 N–H and O–H groups in total. The molecule has 0 aliphatic rings. The molecule has 0 bridgehead atoms. The van der Waals surface area contributed by atoms with E-state index in [2.05, 4.69) is 0 Å². The molecule has 0 aliphatic carbocycles. The molecule has 3 nitrogen and oxygen atoms in total. The number of pyridine rings is 1. The van der Waals surface area contributed by atoms with Crippen LogP contribution in [0.25, 0.3) is 0 Å². The zero-order valence-electron chi connectivity index (χ0n) is 4.41. The third-order valence-electron chi connectivity index (χ3n) is 0.857. The summed E-state index contributed by atoms with van der Waals surface area (Å²) in [5, 5.41) is 8.46. The first-order valence-corrected chi connectivity index (χ1v) is 2.27. The first-order valence-electron chi connectivity index (χ1n) is 2.27. The summed E-state index contributed by atoms with van der Waals surface area (Å²) in [6.45, 7) is 0. The zero-order valence-corrected chi connectivity index (χ0v) is 4.41. The Morgan fingerprint density at radius 2 is 2.22 bits per heavy atom. The number of hydrogen-bond donors (Lipinski definition) is 1. The van der Waals surface area contributed by atoms with Crippen molar-refractivity contribution in [3.05, 3.63) is 34.5 Å². The first kappa shape index (κ1) is 5.81. The lowest BCUT2D eigenvalue weighted by Crippen LogP contribution is -2.15. The normalized spacial score (nSPS) is 9.44. The average Bonchev–Trinajstić information content (AvgIpc) is 1.80. The molecule has 0 aromatic carbocycles. The summed E-state index contributed by atoms with van der Waals surface area (Å²) in [4.78, 5) is 10.3. The standard InChI is InChI=1S/C5H4FNO2/c6-4-1-2-5(8)7(9)3-4/h1-3,9H. The van der Waals surface area contributed by atoms with Crippen LogP contribution in [0.3, 0.4) is 0 Å². The molecule has 1 rings (SSSR count). The summed E-state index contributed by atoms with van der Waals surface area (Å²) in [5.74, 6) is -0.642. The van der Waals surface area contributed by atoms with E-state index >= 15 is 0 Å². The summed E-state index contributed by atoms with van der Waals surface area (Å²) in [6.07, 6.45) is 0.697. The topological polar surface area (TPSA) is 42.2 Å². The molecule has 0 spiro atoms. The summed E-state index contributed by atoms with van der Waals surface area (Å²) in [7, 11) is 0. The number of nitrogens with zero attached hydrogens (tertiary/aromatic N) is 1. The maximum Gasteiger partial charge on any atom is 0.282 e. The van der Waals surface area contributed by atoms with E-state index in [-0.39, 0.29) is 4.73 Å². The van der Waals surface area contributed by atoms with Crippen LogP contribution in [0.4, 0.5) is 4.39 Å². The van der Waals surface area contributed by atoms with Crippen LogP contribution in [0.2, 0.25) is 0 Å². The van der Waals surface area contributed by atoms with Crippen LogP contribution in [0.15, 0.2) is 23.1 Å². The Balaban J connectivity index is 3.34. The third-order valence-corrected chi connectivity index (χ3v) is 0.857. The molecule has 0 saturated carbocycles. The molecule has 0 aliphatic heterocycles. The predicted octanol–water partition coefficient (Wildman–Crippen LogP) is 0.225. The highest BCUT2D eigenvalue weighted by Gasteiger charge is 1.91. The lowest BCUT2D eigenvalue weighted by atomic mass is 10.5. The molecule has 0 atom stereocenters. The maximum absolute atomic E-state index is 12.0. The number of rotatable bonds is 0. The van der Waals surface area contributed by atoms with Crippen LogP contribution in [-0.2, 0) is 0 Å². The van der Waals surface area contributed by atoms with E-state index in [1.807, 2.05) is 0 Å². The minimum Gasteiger partial charge on any atom is -0.425 e. The van der Waals surface area contributed by atoms with Gasteiger partial charge < -0.3 is 5.21 Å². The number of hydrogen-bond acceptors (Lipinski definition) is 2. The van der Waals surface area contributed by atoms with Crippen molar-refractivity contribution < 1.29 is 9.60 Å². The fourth-order valence-electron chi connectivity index (χ4n) is 0.451. The fraction of sp³-hybridized carbons (Fsp3) is 0. The van der Waals surface area contributed by atoms with Gasteiger partial charge in [0.25, 0.3) is 5.56 Å². The van der Waals surface area contributed by atoms with Crippen molar-refractivity contribution in [3.8, 4) is 0 Å². The molecule has 1 aromatic heterocycles. The highest BCUT2D eigenvalue weighted by molar-refractivity contribution is 4.94. The Morgan fingerprint density at radius 1 is 1.56 bits per heavy atom. The smallest absolute Gasteiger partial charge is 0.282 e. The van der Waals surface area contributed by atoms with E-state index in [1.165, 1.54) is 0 Å². The largest absolute Gasteiger partial charge is 0.425 e. The molecule has 0 amide bonds. The van der Waals surface area contributed by atoms with Gasteiger partial charge in [0.15, 0.2) is 0 Å². The first-order chi connectivity index (χ1) is 4.20. The molecule has 1 aromatic rings. The molecule has 1 heterocycles. The average molecular weight is 129 g/mol. The molecule has 0 fully saturated rings. The molecular formula is C5H4FNO2. The van der Waals surface area contributed by atoms with Gasteiger partial charge in [0, 0.05) is 6.07 Å². The van der Waals surface area contributed by atoms with E-state index < -0.39 is 11.4 Å². The second-order valence-electron chi connectivity index (χ2n) is 1.53. The van der Waals surface area contributed by atoms with E-state index in [4.69, 9.17) is 5.21 Å². The van der Waals surface area contributed by atoms with Gasteiger partial charge in [0.2, 0.25) is 0 Å². The van der Waals surface area contributed by atoms with Gasteiger partial charge in [-0.15, -0.1) is 0 Å². The van der Waals surface area contributed by atoms with Gasteiger partial charge in [-0.3, -0.25) is 4.79 Å². The molecule has 0 radical (unpaired) electrons. The van der Waals surface area contributed by atoms with Crippen LogP contribution in [0, 0.1) is 5.82 Å². The number of halogens is 1. The lowest BCUT2D eigenvalue weighted by molar-refractivity contribution is 0.171. The van der Waals surface area contributed by atoms with Gasteiger partial charge in [-0.25, -0.2) is 4.39 Å². The van der Waals surface area contributed by atoms with E-state index in [0.717, 1.165) is 12.1 Å². The van der Waals surface area contributed by atoms with Crippen LogP contribution < -0.4 is 5.56 Å². The SMILES string of the molecule is O=c1ccc(F)cn1O. The van der Waals surface area contributed by atoms with Gasteiger partial charge in [-0.05, 0) is 6.07 Å². The third kappa shape index (κ3) is 1.07. The summed E-state index contributed by atoms with van der Waals surface area (Å²) in [5.41, 5.74) is -0.642. The predicted molar refractivity (Wildman–Crippen MR) is 27.8 cm³/mol.